The van der Waals surface area contributed by atoms with Gasteiger partial charge in [-0.3, -0.25) is 9.69 Å². The minimum absolute atomic E-state index is 0.181. The van der Waals surface area contributed by atoms with Gasteiger partial charge in [0.05, 0.1) is 6.61 Å². The summed E-state index contributed by atoms with van der Waals surface area (Å²) in [6.45, 7) is 4.17. The lowest BCUT2D eigenvalue weighted by atomic mass is 9.72. The van der Waals surface area contributed by atoms with E-state index in [9.17, 15) is 4.79 Å². The number of hydrogen-bond donors (Lipinski definition) is 0. The van der Waals surface area contributed by atoms with Crippen LogP contribution in [0.2, 0.25) is 5.02 Å². The lowest BCUT2D eigenvalue weighted by molar-refractivity contribution is 0.103. The van der Waals surface area contributed by atoms with Gasteiger partial charge in [0.25, 0.3) is 0 Å². The maximum atomic E-state index is 12.5. The first-order valence-electron chi connectivity index (χ1n) is 11.7. The molecule has 5 nitrogen and oxygen atoms in total. The van der Waals surface area contributed by atoms with Crippen molar-refractivity contribution in [1.82, 2.24) is 15.1 Å². The van der Waals surface area contributed by atoms with Gasteiger partial charge in [-0.25, -0.2) is 0 Å². The fraction of sp³-hybridized carbons (Fsp3) is 0.370. The van der Waals surface area contributed by atoms with Crippen LogP contribution in [0.25, 0.3) is 0 Å². The van der Waals surface area contributed by atoms with E-state index in [1.807, 2.05) is 0 Å². The van der Waals surface area contributed by atoms with Crippen molar-refractivity contribution >= 4 is 17.4 Å². The Morgan fingerprint density at radius 2 is 1.67 bits per heavy atom. The molecule has 0 amide bonds. The molecule has 1 aliphatic carbocycles. The zero-order chi connectivity index (χ0) is 22.6. The van der Waals surface area contributed by atoms with Crippen LogP contribution in [-0.2, 0) is 6.54 Å². The molecule has 1 saturated heterocycles. The van der Waals surface area contributed by atoms with E-state index in [2.05, 4.69) is 39.4 Å². The molecular formula is C27H28ClN3O2. The standard InChI is InChI=1S/C27H28ClN3O2/c28-24-9-7-22(8-10-24)27(32)25-11-12-26(30-29-25)33-18-20-15-23(16-20)21-5-3-19(4-6-21)17-31-13-1-2-14-31/h3-12,20,23H,1-2,13-18H2. The minimum atomic E-state index is -0.181. The average molecular weight is 462 g/mol. The molecule has 0 spiro atoms. The molecule has 1 aliphatic heterocycles. The van der Waals surface area contributed by atoms with Crippen LogP contribution in [-0.4, -0.2) is 40.6 Å². The number of hydrogen-bond acceptors (Lipinski definition) is 5. The summed E-state index contributed by atoms with van der Waals surface area (Å²) in [5.74, 6) is 1.41. The summed E-state index contributed by atoms with van der Waals surface area (Å²) in [5, 5.41) is 8.72. The Hall–Kier alpha value is -2.76. The second kappa shape index (κ2) is 10.0. The third kappa shape index (κ3) is 5.43. The highest BCUT2D eigenvalue weighted by molar-refractivity contribution is 6.30. The van der Waals surface area contributed by atoms with Crippen LogP contribution in [0.5, 0.6) is 5.88 Å². The molecule has 3 aromatic rings. The fourth-order valence-corrected chi connectivity index (χ4v) is 4.83. The molecule has 0 N–H and O–H groups in total. The van der Waals surface area contributed by atoms with Gasteiger partial charge < -0.3 is 4.74 Å². The number of halogens is 1. The van der Waals surface area contributed by atoms with Crippen LogP contribution in [0.15, 0.2) is 60.7 Å². The van der Waals surface area contributed by atoms with E-state index in [1.165, 1.54) is 37.1 Å². The lowest BCUT2D eigenvalue weighted by Crippen LogP contribution is -2.27. The normalized spacial score (nSPS) is 20.4. The van der Waals surface area contributed by atoms with Crippen molar-refractivity contribution in [2.75, 3.05) is 19.7 Å². The molecule has 0 bridgehead atoms. The first kappa shape index (κ1) is 22.1. The number of aromatic nitrogens is 2. The van der Waals surface area contributed by atoms with Crippen molar-refractivity contribution in [2.24, 2.45) is 5.92 Å². The van der Waals surface area contributed by atoms with Crippen molar-refractivity contribution in [3.8, 4) is 5.88 Å². The van der Waals surface area contributed by atoms with Gasteiger partial charge >= 0.3 is 0 Å². The van der Waals surface area contributed by atoms with Crippen LogP contribution < -0.4 is 4.74 Å². The molecule has 0 radical (unpaired) electrons. The van der Waals surface area contributed by atoms with Gasteiger partial charge in [0.1, 0.15) is 5.69 Å². The predicted octanol–water partition coefficient (Wildman–Crippen LogP) is 5.53. The van der Waals surface area contributed by atoms with E-state index >= 15 is 0 Å². The zero-order valence-corrected chi connectivity index (χ0v) is 19.4. The largest absolute Gasteiger partial charge is 0.476 e. The number of benzene rings is 2. The predicted molar refractivity (Wildman–Crippen MR) is 129 cm³/mol. The lowest BCUT2D eigenvalue weighted by Gasteiger charge is -2.35. The minimum Gasteiger partial charge on any atom is -0.476 e. The topological polar surface area (TPSA) is 55.3 Å². The number of carbonyl (C=O) groups is 1. The smallest absolute Gasteiger partial charge is 0.233 e. The quantitative estimate of drug-likeness (QED) is 0.413. The second-order valence-electron chi connectivity index (χ2n) is 9.16. The van der Waals surface area contributed by atoms with E-state index in [0.29, 0.717) is 40.6 Å². The summed E-state index contributed by atoms with van der Waals surface area (Å²) in [6, 6.07) is 19.3. The van der Waals surface area contributed by atoms with Crippen LogP contribution in [0.4, 0.5) is 0 Å². The van der Waals surface area contributed by atoms with Gasteiger partial charge in [0, 0.05) is 23.2 Å². The molecular weight excluding hydrogens is 434 g/mol. The summed E-state index contributed by atoms with van der Waals surface area (Å²) in [7, 11) is 0. The van der Waals surface area contributed by atoms with Crippen LogP contribution in [0.3, 0.4) is 0 Å². The summed E-state index contributed by atoms with van der Waals surface area (Å²) in [4.78, 5) is 15.0. The maximum Gasteiger partial charge on any atom is 0.233 e. The summed E-state index contributed by atoms with van der Waals surface area (Å²) >= 11 is 5.88. The number of ketones is 1. The molecule has 6 heteroatoms. The molecule has 5 rings (SSSR count). The number of rotatable bonds is 8. The Bertz CT molecular complexity index is 1070. The summed E-state index contributed by atoms with van der Waals surface area (Å²) in [6.07, 6.45) is 4.93. The third-order valence-corrected chi connectivity index (χ3v) is 6.99. The van der Waals surface area contributed by atoms with Crippen molar-refractivity contribution in [3.63, 3.8) is 0 Å². The highest BCUT2D eigenvalue weighted by Crippen LogP contribution is 2.41. The first-order valence-corrected chi connectivity index (χ1v) is 12.1. The Morgan fingerprint density at radius 3 is 2.33 bits per heavy atom. The van der Waals surface area contributed by atoms with Crippen molar-refractivity contribution in [3.05, 3.63) is 88.1 Å². The number of likely N-dealkylation sites (tertiary alicyclic amines) is 1. The van der Waals surface area contributed by atoms with Crippen molar-refractivity contribution < 1.29 is 9.53 Å². The van der Waals surface area contributed by atoms with Crippen LogP contribution in [0.1, 0.15) is 58.8 Å². The molecule has 0 unspecified atom stereocenters. The van der Waals surface area contributed by atoms with Gasteiger partial charge in [-0.2, -0.15) is 0 Å². The van der Waals surface area contributed by atoms with Gasteiger partial charge in [-0.1, -0.05) is 35.9 Å². The van der Waals surface area contributed by atoms with E-state index in [4.69, 9.17) is 16.3 Å². The molecule has 1 aromatic heterocycles. The van der Waals surface area contributed by atoms with Crippen LogP contribution in [0, 0.1) is 5.92 Å². The highest BCUT2D eigenvalue weighted by Gasteiger charge is 2.31. The Kier molecular flexibility index (Phi) is 6.70. The van der Waals surface area contributed by atoms with Gasteiger partial charge in [0.15, 0.2) is 0 Å². The molecule has 2 aromatic carbocycles. The van der Waals surface area contributed by atoms with Crippen molar-refractivity contribution in [1.29, 1.82) is 0 Å². The van der Waals surface area contributed by atoms with Gasteiger partial charge in [0.2, 0.25) is 11.7 Å². The highest BCUT2D eigenvalue weighted by atomic mass is 35.5. The van der Waals surface area contributed by atoms with E-state index < -0.39 is 0 Å². The third-order valence-electron chi connectivity index (χ3n) is 6.74. The molecule has 2 heterocycles. The van der Waals surface area contributed by atoms with E-state index in [-0.39, 0.29) is 5.78 Å². The number of ether oxygens (including phenoxy) is 1. The van der Waals surface area contributed by atoms with E-state index in [1.54, 1.807) is 36.4 Å². The molecule has 2 fully saturated rings. The van der Waals surface area contributed by atoms with Crippen molar-refractivity contribution in [2.45, 2.75) is 38.1 Å². The Balaban J connectivity index is 1.07. The Morgan fingerprint density at radius 1 is 0.939 bits per heavy atom. The van der Waals surface area contributed by atoms with Crippen LogP contribution >= 0.6 is 11.6 Å². The molecule has 170 valence electrons. The molecule has 0 atom stereocenters. The fourth-order valence-electron chi connectivity index (χ4n) is 4.71. The molecule has 33 heavy (non-hydrogen) atoms. The molecule has 2 aliphatic rings. The van der Waals surface area contributed by atoms with Gasteiger partial charge in [-0.15, -0.1) is 10.2 Å². The average Bonchev–Trinajstić information content (AvgIpc) is 3.33. The Labute approximate surface area is 199 Å². The summed E-state index contributed by atoms with van der Waals surface area (Å²) in [5.41, 5.74) is 3.67. The SMILES string of the molecule is O=C(c1ccc(Cl)cc1)c1ccc(OCC2CC(c3ccc(CN4CCCC4)cc3)C2)nn1. The van der Waals surface area contributed by atoms with E-state index in [0.717, 1.165) is 19.4 Å². The molecule has 1 saturated carbocycles. The second-order valence-corrected chi connectivity index (χ2v) is 9.60. The number of nitrogens with zero attached hydrogens (tertiary/aromatic N) is 3. The van der Waals surface area contributed by atoms with Gasteiger partial charge in [-0.05, 0) is 92.1 Å². The summed E-state index contributed by atoms with van der Waals surface area (Å²) < 4.78 is 5.84. The first-order chi connectivity index (χ1) is 16.1. The monoisotopic (exact) mass is 461 g/mol. The number of carbonyl (C=O) groups excluding carboxylic acids is 1. The zero-order valence-electron chi connectivity index (χ0n) is 18.6. The maximum absolute atomic E-state index is 12.5.